The fraction of sp³-hybridized carbons (Fsp3) is 0.312. The molecule has 0 spiro atoms. The molecule has 0 unspecified atom stereocenters. The monoisotopic (exact) mass is 303 g/mol. The molecule has 0 fully saturated rings. The lowest BCUT2D eigenvalue weighted by Gasteiger charge is -2.24. The lowest BCUT2D eigenvalue weighted by Crippen LogP contribution is -2.34. The minimum Gasteiger partial charge on any atom is -0.481 e. The van der Waals surface area contributed by atoms with Gasteiger partial charge in [0.1, 0.15) is 0 Å². The van der Waals surface area contributed by atoms with E-state index in [0.29, 0.717) is 24.1 Å². The van der Waals surface area contributed by atoms with Gasteiger partial charge in [0.05, 0.1) is 24.5 Å². The smallest absolute Gasteiger partial charge is 0.337 e. The van der Waals surface area contributed by atoms with Gasteiger partial charge in [0.25, 0.3) is 0 Å². The van der Waals surface area contributed by atoms with E-state index >= 15 is 0 Å². The highest BCUT2D eigenvalue weighted by Gasteiger charge is 2.33. The van der Waals surface area contributed by atoms with E-state index in [1.807, 2.05) is 6.08 Å². The molecule has 6 nitrogen and oxygen atoms in total. The minimum absolute atomic E-state index is 0.331. The van der Waals surface area contributed by atoms with E-state index in [2.05, 4.69) is 10.1 Å². The lowest BCUT2D eigenvalue weighted by atomic mass is 9.82. The lowest BCUT2D eigenvalue weighted by molar-refractivity contribution is -0.146. The van der Waals surface area contributed by atoms with Crippen LogP contribution in [-0.2, 0) is 14.3 Å². The van der Waals surface area contributed by atoms with Crippen LogP contribution in [0.1, 0.15) is 23.2 Å². The number of carbonyl (C=O) groups excluding carboxylic acids is 2. The van der Waals surface area contributed by atoms with Gasteiger partial charge in [0.15, 0.2) is 0 Å². The Morgan fingerprint density at radius 2 is 1.68 bits per heavy atom. The Bertz CT molecular complexity index is 605. The molecule has 0 bridgehead atoms. The second-order valence-corrected chi connectivity index (χ2v) is 5.05. The molecule has 0 aliphatic heterocycles. The number of aliphatic carboxylic acids is 1. The highest BCUT2D eigenvalue weighted by molar-refractivity contribution is 5.96. The molecule has 0 aromatic heterocycles. The molecule has 1 aliphatic rings. The number of carboxylic acid groups (broad SMARTS) is 1. The Balaban J connectivity index is 2.06. The molecule has 2 rings (SSSR count). The number of carbonyl (C=O) groups is 3. The van der Waals surface area contributed by atoms with Crippen LogP contribution in [0.25, 0.3) is 0 Å². The van der Waals surface area contributed by atoms with Crippen LogP contribution in [0, 0.1) is 11.8 Å². The van der Waals surface area contributed by atoms with Gasteiger partial charge >= 0.3 is 11.9 Å². The summed E-state index contributed by atoms with van der Waals surface area (Å²) in [6, 6.07) is 6.24. The quantitative estimate of drug-likeness (QED) is 0.656. The van der Waals surface area contributed by atoms with Crippen LogP contribution in [0.2, 0.25) is 0 Å². The molecule has 0 saturated heterocycles. The Morgan fingerprint density at radius 1 is 1.09 bits per heavy atom. The summed E-state index contributed by atoms with van der Waals surface area (Å²) in [7, 11) is 1.29. The minimum atomic E-state index is -0.967. The first kappa shape index (κ1) is 15.8. The summed E-state index contributed by atoms with van der Waals surface area (Å²) in [6.07, 6.45) is 4.37. The number of rotatable bonds is 4. The van der Waals surface area contributed by atoms with Gasteiger partial charge in [0, 0.05) is 5.69 Å². The zero-order valence-corrected chi connectivity index (χ0v) is 12.1. The van der Waals surface area contributed by atoms with Gasteiger partial charge in [0.2, 0.25) is 5.91 Å². The normalized spacial score (nSPS) is 20.2. The molecular weight excluding hydrogens is 286 g/mol. The maximum Gasteiger partial charge on any atom is 0.337 e. The second kappa shape index (κ2) is 6.89. The van der Waals surface area contributed by atoms with E-state index in [1.165, 1.54) is 19.2 Å². The van der Waals surface area contributed by atoms with Crippen LogP contribution < -0.4 is 5.32 Å². The van der Waals surface area contributed by atoms with E-state index in [9.17, 15) is 19.5 Å². The van der Waals surface area contributed by atoms with Crippen molar-refractivity contribution < 1.29 is 24.2 Å². The first-order valence-corrected chi connectivity index (χ1v) is 6.90. The van der Waals surface area contributed by atoms with Crippen molar-refractivity contribution in [2.75, 3.05) is 12.4 Å². The fourth-order valence-corrected chi connectivity index (χ4v) is 2.42. The summed E-state index contributed by atoms with van der Waals surface area (Å²) in [5.41, 5.74) is 0.890. The molecule has 0 saturated carbocycles. The average Bonchev–Trinajstić information content (AvgIpc) is 2.54. The number of nitrogens with one attached hydrogen (secondary N) is 1. The largest absolute Gasteiger partial charge is 0.481 e. The standard InChI is InChI=1S/C16H17NO5/c1-22-16(21)10-6-8-11(9-7-10)17-14(18)12-4-2-3-5-13(12)15(19)20/h2-3,6-9,12-13H,4-5H2,1H3,(H,17,18)(H,19,20)/t12-,13+/m1/s1. The van der Waals surface area contributed by atoms with Gasteiger partial charge in [-0.05, 0) is 37.1 Å². The van der Waals surface area contributed by atoms with Crippen LogP contribution in [0.4, 0.5) is 5.69 Å². The Labute approximate surface area is 127 Å². The summed E-state index contributed by atoms with van der Waals surface area (Å²) in [6.45, 7) is 0. The molecule has 22 heavy (non-hydrogen) atoms. The van der Waals surface area contributed by atoms with Crippen molar-refractivity contribution in [1.29, 1.82) is 0 Å². The van der Waals surface area contributed by atoms with Gasteiger partial charge in [-0.3, -0.25) is 9.59 Å². The maximum atomic E-state index is 12.3. The van der Waals surface area contributed by atoms with E-state index in [-0.39, 0.29) is 5.91 Å². The number of ether oxygens (including phenoxy) is 1. The Morgan fingerprint density at radius 3 is 2.23 bits per heavy atom. The van der Waals surface area contributed by atoms with Crippen molar-refractivity contribution in [2.45, 2.75) is 12.8 Å². The molecule has 116 valence electrons. The third-order valence-corrected chi connectivity index (χ3v) is 3.66. The van der Waals surface area contributed by atoms with Gasteiger partial charge in [-0.15, -0.1) is 0 Å². The number of anilines is 1. The molecule has 1 amide bonds. The van der Waals surface area contributed by atoms with Gasteiger partial charge in [-0.2, -0.15) is 0 Å². The summed E-state index contributed by atoms with van der Waals surface area (Å²) >= 11 is 0. The zero-order valence-electron chi connectivity index (χ0n) is 12.1. The molecule has 1 aromatic carbocycles. The number of amides is 1. The molecule has 6 heteroatoms. The van der Waals surface area contributed by atoms with Crippen LogP contribution in [0.15, 0.2) is 36.4 Å². The maximum absolute atomic E-state index is 12.3. The predicted molar refractivity (Wildman–Crippen MR) is 79.4 cm³/mol. The van der Waals surface area contributed by atoms with Crippen LogP contribution >= 0.6 is 0 Å². The molecule has 1 aromatic rings. The van der Waals surface area contributed by atoms with Crippen molar-refractivity contribution in [1.82, 2.24) is 0 Å². The van der Waals surface area contributed by atoms with Crippen LogP contribution in [0.5, 0.6) is 0 Å². The van der Waals surface area contributed by atoms with Gasteiger partial charge in [-0.25, -0.2) is 4.79 Å². The molecule has 0 radical (unpaired) electrons. The Kier molecular flexibility index (Phi) is 4.93. The number of carboxylic acids is 1. The van der Waals surface area contributed by atoms with Crippen molar-refractivity contribution in [3.8, 4) is 0 Å². The first-order chi connectivity index (χ1) is 10.5. The number of hydrogen-bond donors (Lipinski definition) is 2. The highest BCUT2D eigenvalue weighted by Crippen LogP contribution is 2.27. The van der Waals surface area contributed by atoms with Crippen molar-refractivity contribution in [3.05, 3.63) is 42.0 Å². The molecule has 1 aliphatic carbocycles. The molecular formula is C16H17NO5. The number of methoxy groups -OCH3 is 1. The number of allylic oxidation sites excluding steroid dienone is 2. The molecule has 2 atom stereocenters. The molecule has 2 N–H and O–H groups in total. The van der Waals surface area contributed by atoms with Crippen LogP contribution in [-0.4, -0.2) is 30.1 Å². The summed E-state index contributed by atoms with van der Waals surface area (Å²) in [5, 5.41) is 11.9. The van der Waals surface area contributed by atoms with Crippen molar-refractivity contribution in [3.63, 3.8) is 0 Å². The average molecular weight is 303 g/mol. The van der Waals surface area contributed by atoms with Gasteiger partial charge in [-0.1, -0.05) is 12.2 Å². The number of hydrogen-bond acceptors (Lipinski definition) is 4. The van der Waals surface area contributed by atoms with Crippen LogP contribution in [0.3, 0.4) is 0 Å². The second-order valence-electron chi connectivity index (χ2n) is 5.05. The topological polar surface area (TPSA) is 92.7 Å². The van der Waals surface area contributed by atoms with E-state index in [1.54, 1.807) is 18.2 Å². The predicted octanol–water partition coefficient (Wildman–Crippen LogP) is 2.08. The number of benzene rings is 1. The fourth-order valence-electron chi connectivity index (χ4n) is 2.42. The van der Waals surface area contributed by atoms with E-state index < -0.39 is 23.8 Å². The first-order valence-electron chi connectivity index (χ1n) is 6.90. The zero-order chi connectivity index (χ0) is 16.1. The number of esters is 1. The summed E-state index contributed by atoms with van der Waals surface area (Å²) in [5.74, 6) is -3.06. The third kappa shape index (κ3) is 3.52. The summed E-state index contributed by atoms with van der Waals surface area (Å²) < 4.78 is 4.59. The third-order valence-electron chi connectivity index (χ3n) is 3.66. The van der Waals surface area contributed by atoms with Crippen molar-refractivity contribution in [2.24, 2.45) is 11.8 Å². The molecule has 0 heterocycles. The van der Waals surface area contributed by atoms with Gasteiger partial charge < -0.3 is 15.2 Å². The van der Waals surface area contributed by atoms with E-state index in [4.69, 9.17) is 0 Å². The Hall–Kier alpha value is -2.63. The van der Waals surface area contributed by atoms with Crippen molar-refractivity contribution >= 4 is 23.5 Å². The van der Waals surface area contributed by atoms with E-state index in [0.717, 1.165) is 0 Å². The summed E-state index contributed by atoms with van der Waals surface area (Å²) in [4.78, 5) is 34.8. The highest BCUT2D eigenvalue weighted by atomic mass is 16.5. The SMILES string of the molecule is COC(=O)c1ccc(NC(=O)[C@@H]2CC=CC[C@@H]2C(=O)O)cc1.